The van der Waals surface area contributed by atoms with Crippen molar-refractivity contribution in [2.45, 2.75) is 6.54 Å². The average Bonchev–Trinajstić information content (AvgIpc) is 3.22. The standard InChI is InChI=1S/C23H19N3O2/c1-2-14-26(16-21-24-22(25-28-21)18-9-4-3-5-10-18)23(27)20-13-12-17-8-6-7-11-19(17)15-20/h2-13,15H,1,14,16H2. The summed E-state index contributed by atoms with van der Waals surface area (Å²) in [6.07, 6.45) is 1.69. The first kappa shape index (κ1) is 17.7. The van der Waals surface area contributed by atoms with Crippen LogP contribution < -0.4 is 0 Å². The maximum atomic E-state index is 13.0. The first-order valence-electron chi connectivity index (χ1n) is 9.01. The molecule has 0 spiro atoms. The molecule has 4 rings (SSSR count). The van der Waals surface area contributed by atoms with Crippen LogP contribution in [0.2, 0.25) is 0 Å². The molecule has 0 N–H and O–H groups in total. The minimum absolute atomic E-state index is 0.106. The number of hydrogen-bond acceptors (Lipinski definition) is 4. The van der Waals surface area contributed by atoms with E-state index >= 15 is 0 Å². The maximum Gasteiger partial charge on any atom is 0.254 e. The molecule has 0 bridgehead atoms. The molecule has 1 heterocycles. The Hall–Kier alpha value is -3.73. The highest BCUT2D eigenvalue weighted by Gasteiger charge is 2.19. The van der Waals surface area contributed by atoms with Gasteiger partial charge in [-0.05, 0) is 22.9 Å². The Morgan fingerprint density at radius 2 is 1.75 bits per heavy atom. The summed E-state index contributed by atoms with van der Waals surface area (Å²) in [7, 11) is 0. The third-order valence-corrected chi connectivity index (χ3v) is 4.46. The van der Waals surface area contributed by atoms with Crippen LogP contribution in [0.15, 0.2) is 90.0 Å². The number of carbonyl (C=O) groups is 1. The second-order valence-corrected chi connectivity index (χ2v) is 6.41. The van der Waals surface area contributed by atoms with Crippen molar-refractivity contribution in [3.63, 3.8) is 0 Å². The lowest BCUT2D eigenvalue weighted by atomic mass is 10.1. The highest BCUT2D eigenvalue weighted by Crippen LogP contribution is 2.19. The highest BCUT2D eigenvalue weighted by molar-refractivity contribution is 5.98. The Labute approximate surface area is 162 Å². The van der Waals surface area contributed by atoms with Crippen LogP contribution in [-0.4, -0.2) is 27.5 Å². The summed E-state index contributed by atoms with van der Waals surface area (Å²) in [5.41, 5.74) is 1.48. The van der Waals surface area contributed by atoms with E-state index in [0.717, 1.165) is 16.3 Å². The molecule has 0 unspecified atom stereocenters. The molecule has 3 aromatic carbocycles. The van der Waals surface area contributed by atoms with Gasteiger partial charge < -0.3 is 9.42 Å². The molecule has 28 heavy (non-hydrogen) atoms. The van der Waals surface area contributed by atoms with Crippen LogP contribution in [0.1, 0.15) is 16.2 Å². The Morgan fingerprint density at radius 1 is 1.00 bits per heavy atom. The fourth-order valence-corrected chi connectivity index (χ4v) is 3.07. The first-order chi connectivity index (χ1) is 13.7. The normalized spacial score (nSPS) is 10.7. The Balaban J connectivity index is 1.57. The Kier molecular flexibility index (Phi) is 4.97. The molecule has 0 aliphatic heterocycles. The fourth-order valence-electron chi connectivity index (χ4n) is 3.07. The largest absolute Gasteiger partial charge is 0.337 e. The summed E-state index contributed by atoms with van der Waals surface area (Å²) in [4.78, 5) is 19.1. The van der Waals surface area contributed by atoms with Gasteiger partial charge in [-0.2, -0.15) is 4.98 Å². The van der Waals surface area contributed by atoms with Crippen molar-refractivity contribution in [1.82, 2.24) is 15.0 Å². The van der Waals surface area contributed by atoms with Crippen LogP contribution >= 0.6 is 0 Å². The first-order valence-corrected chi connectivity index (χ1v) is 9.01. The number of nitrogens with zero attached hydrogens (tertiary/aromatic N) is 3. The number of hydrogen-bond donors (Lipinski definition) is 0. The van der Waals surface area contributed by atoms with E-state index in [1.54, 1.807) is 11.0 Å². The highest BCUT2D eigenvalue weighted by atomic mass is 16.5. The van der Waals surface area contributed by atoms with Crippen LogP contribution in [0, 0.1) is 0 Å². The van der Waals surface area contributed by atoms with Gasteiger partial charge >= 0.3 is 0 Å². The smallest absolute Gasteiger partial charge is 0.254 e. The Morgan fingerprint density at radius 3 is 2.54 bits per heavy atom. The summed E-state index contributed by atoms with van der Waals surface area (Å²) >= 11 is 0. The van der Waals surface area contributed by atoms with Crippen molar-refractivity contribution in [1.29, 1.82) is 0 Å². The van der Waals surface area contributed by atoms with Gasteiger partial charge in [0, 0.05) is 17.7 Å². The summed E-state index contributed by atoms with van der Waals surface area (Å²) in [6.45, 7) is 4.36. The SMILES string of the molecule is C=CCN(Cc1nc(-c2ccccc2)no1)C(=O)c1ccc2ccccc2c1. The second kappa shape index (κ2) is 7.88. The van der Waals surface area contributed by atoms with Crippen molar-refractivity contribution in [3.8, 4) is 11.4 Å². The third kappa shape index (κ3) is 3.69. The van der Waals surface area contributed by atoms with Crippen molar-refractivity contribution < 1.29 is 9.32 Å². The lowest BCUT2D eigenvalue weighted by molar-refractivity contribution is 0.0745. The lowest BCUT2D eigenvalue weighted by Crippen LogP contribution is -2.30. The molecule has 0 radical (unpaired) electrons. The summed E-state index contributed by atoms with van der Waals surface area (Å²) in [6, 6.07) is 23.2. The molecule has 0 saturated carbocycles. The maximum absolute atomic E-state index is 13.0. The van der Waals surface area contributed by atoms with E-state index in [0.29, 0.717) is 23.8 Å². The van der Waals surface area contributed by atoms with Crippen molar-refractivity contribution in [2.24, 2.45) is 0 Å². The molecule has 0 aliphatic rings. The molecular formula is C23H19N3O2. The van der Waals surface area contributed by atoms with Crippen LogP contribution in [0.25, 0.3) is 22.2 Å². The summed E-state index contributed by atoms with van der Waals surface area (Å²) in [5.74, 6) is 0.785. The van der Waals surface area contributed by atoms with Crippen LogP contribution in [0.5, 0.6) is 0 Å². The lowest BCUT2D eigenvalue weighted by Gasteiger charge is -2.19. The third-order valence-electron chi connectivity index (χ3n) is 4.46. The molecule has 0 atom stereocenters. The van der Waals surface area contributed by atoms with Gasteiger partial charge in [-0.15, -0.1) is 6.58 Å². The van der Waals surface area contributed by atoms with Gasteiger partial charge in [-0.25, -0.2) is 0 Å². The molecule has 5 nitrogen and oxygen atoms in total. The zero-order chi connectivity index (χ0) is 19.3. The second-order valence-electron chi connectivity index (χ2n) is 6.41. The molecule has 1 aromatic heterocycles. The minimum Gasteiger partial charge on any atom is -0.337 e. The molecule has 138 valence electrons. The van der Waals surface area contributed by atoms with E-state index in [4.69, 9.17) is 4.52 Å². The molecule has 0 fully saturated rings. The zero-order valence-corrected chi connectivity index (χ0v) is 15.3. The molecule has 0 saturated heterocycles. The van der Waals surface area contributed by atoms with Crippen molar-refractivity contribution in [3.05, 3.63) is 96.9 Å². The number of carbonyl (C=O) groups excluding carboxylic acids is 1. The van der Waals surface area contributed by atoms with E-state index < -0.39 is 0 Å². The number of aromatic nitrogens is 2. The number of rotatable bonds is 6. The number of fused-ring (bicyclic) bond motifs is 1. The predicted molar refractivity (Wildman–Crippen MR) is 109 cm³/mol. The molecular weight excluding hydrogens is 350 g/mol. The summed E-state index contributed by atoms with van der Waals surface area (Å²) in [5, 5.41) is 6.14. The fraction of sp³-hybridized carbons (Fsp3) is 0.0870. The van der Waals surface area contributed by atoms with Gasteiger partial charge in [0.25, 0.3) is 5.91 Å². The van der Waals surface area contributed by atoms with Gasteiger partial charge in [0.2, 0.25) is 11.7 Å². The Bertz CT molecular complexity index is 1120. The topological polar surface area (TPSA) is 59.2 Å². The molecule has 0 aliphatic carbocycles. The van der Waals surface area contributed by atoms with Gasteiger partial charge in [0.15, 0.2) is 0 Å². The monoisotopic (exact) mass is 369 g/mol. The van der Waals surface area contributed by atoms with E-state index in [2.05, 4.69) is 16.7 Å². The van der Waals surface area contributed by atoms with E-state index in [1.165, 1.54) is 0 Å². The van der Waals surface area contributed by atoms with E-state index in [-0.39, 0.29) is 12.5 Å². The molecule has 4 aromatic rings. The molecule has 1 amide bonds. The average molecular weight is 369 g/mol. The van der Waals surface area contributed by atoms with Crippen LogP contribution in [0.3, 0.4) is 0 Å². The predicted octanol–water partition coefficient (Wildman–Crippen LogP) is 4.72. The molecule has 5 heteroatoms. The van der Waals surface area contributed by atoms with Crippen LogP contribution in [-0.2, 0) is 6.54 Å². The minimum atomic E-state index is -0.106. The van der Waals surface area contributed by atoms with Gasteiger partial charge in [0.1, 0.15) is 6.54 Å². The quantitative estimate of drug-likeness (QED) is 0.462. The number of benzene rings is 3. The van der Waals surface area contributed by atoms with Crippen LogP contribution in [0.4, 0.5) is 0 Å². The zero-order valence-electron chi connectivity index (χ0n) is 15.3. The summed E-state index contributed by atoms with van der Waals surface area (Å²) < 4.78 is 5.36. The van der Waals surface area contributed by atoms with Crippen molar-refractivity contribution >= 4 is 16.7 Å². The van der Waals surface area contributed by atoms with Crippen molar-refractivity contribution in [2.75, 3.05) is 6.54 Å². The van der Waals surface area contributed by atoms with Gasteiger partial charge in [-0.3, -0.25) is 4.79 Å². The van der Waals surface area contributed by atoms with Gasteiger partial charge in [0.05, 0.1) is 0 Å². The van der Waals surface area contributed by atoms with E-state index in [1.807, 2.05) is 72.8 Å². The van der Waals surface area contributed by atoms with E-state index in [9.17, 15) is 4.79 Å². The van der Waals surface area contributed by atoms with Gasteiger partial charge in [-0.1, -0.05) is 71.9 Å². The number of amides is 1.